The molecule has 0 spiro atoms. The van der Waals surface area contributed by atoms with E-state index in [2.05, 4.69) is 18.2 Å². The van der Waals surface area contributed by atoms with Crippen molar-refractivity contribution in [2.45, 2.75) is 0 Å². The summed E-state index contributed by atoms with van der Waals surface area (Å²) in [4.78, 5) is 0. The molecule has 0 saturated heterocycles. The molecule has 4 aromatic rings. The summed E-state index contributed by atoms with van der Waals surface area (Å²) in [6.45, 7) is 0. The average Bonchev–Trinajstić information content (AvgIpc) is 2.56. The van der Waals surface area contributed by atoms with Gasteiger partial charge in [0.05, 0.1) is 0 Å². The molecule has 0 aromatic heterocycles. The van der Waals surface area contributed by atoms with E-state index in [0.717, 1.165) is 27.3 Å². The Morgan fingerprint density at radius 1 is 0.524 bits per heavy atom. The molecule has 0 aliphatic heterocycles. The van der Waals surface area contributed by atoms with E-state index in [0.29, 0.717) is 5.39 Å². The summed E-state index contributed by atoms with van der Waals surface area (Å²) in [7, 11) is 0. The van der Waals surface area contributed by atoms with Gasteiger partial charge in [-0.25, -0.2) is 4.39 Å². The molecule has 0 saturated carbocycles. The lowest BCUT2D eigenvalue weighted by Crippen LogP contribution is -1.86. The molecule has 100 valence electrons. The van der Waals surface area contributed by atoms with E-state index in [4.69, 9.17) is 0 Å². The summed E-state index contributed by atoms with van der Waals surface area (Å²) in [5.74, 6) is -0.165. The number of hydrogen-bond donors (Lipinski definition) is 0. The fraction of sp³-hybridized carbons (Fsp3) is 0. The van der Waals surface area contributed by atoms with Gasteiger partial charge in [-0.05, 0) is 33.4 Å². The van der Waals surface area contributed by atoms with Crippen LogP contribution in [0.4, 0.5) is 4.39 Å². The van der Waals surface area contributed by atoms with E-state index >= 15 is 0 Å². The molecule has 0 amide bonds. The van der Waals surface area contributed by atoms with Crippen molar-refractivity contribution in [1.82, 2.24) is 0 Å². The summed E-state index contributed by atoms with van der Waals surface area (Å²) in [6.07, 6.45) is 0. The maximum atomic E-state index is 14.4. The smallest absolute Gasteiger partial charge is 0.131 e. The highest BCUT2D eigenvalue weighted by Gasteiger charge is 2.09. The SMILES string of the molecule is Fc1cc2c(-c3ccccc3)cccc2c2ccccc12. The van der Waals surface area contributed by atoms with Crippen LogP contribution in [-0.2, 0) is 0 Å². The fourth-order valence-electron chi connectivity index (χ4n) is 2.96. The molecule has 0 N–H and O–H groups in total. The standard InChI is InChI=1S/C20H13F/c21-20-13-19-15(14-7-2-1-3-8-14)11-6-12-17(19)16-9-4-5-10-18(16)20/h1-13H. The van der Waals surface area contributed by atoms with Gasteiger partial charge in [0.25, 0.3) is 0 Å². The van der Waals surface area contributed by atoms with Crippen LogP contribution in [0, 0.1) is 5.82 Å². The Hall–Kier alpha value is -2.67. The van der Waals surface area contributed by atoms with Crippen LogP contribution in [0.15, 0.2) is 78.9 Å². The molecule has 0 heterocycles. The molecule has 0 aliphatic carbocycles. The van der Waals surface area contributed by atoms with Crippen LogP contribution in [0.5, 0.6) is 0 Å². The van der Waals surface area contributed by atoms with Crippen LogP contribution in [-0.4, -0.2) is 0 Å². The predicted octanol–water partition coefficient (Wildman–Crippen LogP) is 5.80. The Labute approximate surface area is 122 Å². The van der Waals surface area contributed by atoms with E-state index in [-0.39, 0.29) is 5.82 Å². The molecular formula is C20H13F. The average molecular weight is 272 g/mol. The minimum absolute atomic E-state index is 0.165. The summed E-state index contributed by atoms with van der Waals surface area (Å²) in [5.41, 5.74) is 2.18. The minimum Gasteiger partial charge on any atom is -0.206 e. The van der Waals surface area contributed by atoms with E-state index in [1.807, 2.05) is 54.6 Å². The zero-order valence-corrected chi connectivity index (χ0v) is 11.4. The van der Waals surface area contributed by atoms with Gasteiger partial charge in [0.15, 0.2) is 0 Å². The van der Waals surface area contributed by atoms with E-state index < -0.39 is 0 Å². The van der Waals surface area contributed by atoms with E-state index in [1.54, 1.807) is 6.07 Å². The van der Waals surface area contributed by atoms with Gasteiger partial charge in [-0.1, -0.05) is 72.8 Å². The van der Waals surface area contributed by atoms with Crippen LogP contribution in [0.25, 0.3) is 32.7 Å². The molecule has 0 radical (unpaired) electrons. The molecule has 0 aliphatic rings. The summed E-state index contributed by atoms with van der Waals surface area (Å²) in [6, 6.07) is 25.6. The molecule has 0 nitrogen and oxygen atoms in total. The lowest BCUT2D eigenvalue weighted by molar-refractivity contribution is 0.641. The topological polar surface area (TPSA) is 0 Å². The third kappa shape index (κ3) is 1.90. The van der Waals surface area contributed by atoms with Gasteiger partial charge in [0, 0.05) is 5.39 Å². The zero-order chi connectivity index (χ0) is 14.2. The Balaban J connectivity index is 2.16. The molecule has 0 bridgehead atoms. The molecule has 0 fully saturated rings. The third-order valence-electron chi connectivity index (χ3n) is 3.94. The maximum Gasteiger partial charge on any atom is 0.131 e. The number of benzene rings is 4. The van der Waals surface area contributed by atoms with Crippen LogP contribution in [0.1, 0.15) is 0 Å². The van der Waals surface area contributed by atoms with Crippen LogP contribution >= 0.6 is 0 Å². The van der Waals surface area contributed by atoms with Gasteiger partial charge in [-0.3, -0.25) is 0 Å². The van der Waals surface area contributed by atoms with Crippen molar-refractivity contribution in [3.05, 3.63) is 84.7 Å². The van der Waals surface area contributed by atoms with Crippen LogP contribution < -0.4 is 0 Å². The number of hydrogen-bond acceptors (Lipinski definition) is 0. The molecule has 21 heavy (non-hydrogen) atoms. The van der Waals surface area contributed by atoms with E-state index in [9.17, 15) is 4.39 Å². The third-order valence-corrected chi connectivity index (χ3v) is 3.94. The summed E-state index contributed by atoms with van der Waals surface area (Å²) >= 11 is 0. The highest BCUT2D eigenvalue weighted by atomic mass is 19.1. The molecule has 0 unspecified atom stereocenters. The van der Waals surface area contributed by atoms with Gasteiger partial charge < -0.3 is 0 Å². The van der Waals surface area contributed by atoms with Crippen molar-refractivity contribution in [2.24, 2.45) is 0 Å². The van der Waals surface area contributed by atoms with Gasteiger partial charge in [0.2, 0.25) is 0 Å². The van der Waals surface area contributed by atoms with Crippen molar-refractivity contribution in [1.29, 1.82) is 0 Å². The lowest BCUT2D eigenvalue weighted by atomic mass is 9.94. The van der Waals surface area contributed by atoms with Crippen molar-refractivity contribution in [2.75, 3.05) is 0 Å². The first-order chi connectivity index (χ1) is 10.3. The molecule has 1 heteroatoms. The molecule has 4 rings (SSSR count). The number of rotatable bonds is 1. The van der Waals surface area contributed by atoms with Crippen molar-refractivity contribution < 1.29 is 4.39 Å². The second kappa shape index (κ2) is 4.71. The van der Waals surface area contributed by atoms with E-state index in [1.165, 1.54) is 0 Å². The molecular weight excluding hydrogens is 259 g/mol. The lowest BCUT2D eigenvalue weighted by Gasteiger charge is -2.10. The highest BCUT2D eigenvalue weighted by Crippen LogP contribution is 2.34. The minimum atomic E-state index is -0.165. The van der Waals surface area contributed by atoms with Gasteiger partial charge >= 0.3 is 0 Å². The second-order valence-corrected chi connectivity index (χ2v) is 5.17. The van der Waals surface area contributed by atoms with Gasteiger partial charge in [0.1, 0.15) is 5.82 Å². The van der Waals surface area contributed by atoms with Crippen molar-refractivity contribution in [3.8, 4) is 11.1 Å². The quantitative estimate of drug-likeness (QED) is 0.384. The van der Waals surface area contributed by atoms with Crippen molar-refractivity contribution >= 4 is 21.5 Å². The summed E-state index contributed by atoms with van der Waals surface area (Å²) in [5, 5.41) is 3.69. The second-order valence-electron chi connectivity index (χ2n) is 5.17. The first-order valence-corrected chi connectivity index (χ1v) is 7.00. The monoisotopic (exact) mass is 272 g/mol. The van der Waals surface area contributed by atoms with Gasteiger partial charge in [-0.15, -0.1) is 0 Å². The zero-order valence-electron chi connectivity index (χ0n) is 11.4. The highest BCUT2D eigenvalue weighted by molar-refractivity contribution is 6.12. The van der Waals surface area contributed by atoms with Gasteiger partial charge in [-0.2, -0.15) is 0 Å². The Morgan fingerprint density at radius 3 is 1.95 bits per heavy atom. The predicted molar refractivity (Wildman–Crippen MR) is 86.8 cm³/mol. The normalized spacial score (nSPS) is 11.1. The van der Waals surface area contributed by atoms with Crippen LogP contribution in [0.3, 0.4) is 0 Å². The first-order valence-electron chi connectivity index (χ1n) is 7.00. The first kappa shape index (κ1) is 12.1. The Bertz CT molecular complexity index is 940. The number of fused-ring (bicyclic) bond motifs is 3. The maximum absolute atomic E-state index is 14.4. The number of halogens is 1. The Morgan fingerprint density at radius 2 is 1.14 bits per heavy atom. The molecule has 4 aromatic carbocycles. The summed E-state index contributed by atoms with van der Waals surface area (Å²) < 4.78 is 14.4. The molecule has 0 atom stereocenters. The fourth-order valence-corrected chi connectivity index (χ4v) is 2.96. The van der Waals surface area contributed by atoms with Crippen molar-refractivity contribution in [3.63, 3.8) is 0 Å². The largest absolute Gasteiger partial charge is 0.206 e. The van der Waals surface area contributed by atoms with Crippen LogP contribution in [0.2, 0.25) is 0 Å². The Kier molecular flexibility index (Phi) is 2.71.